The van der Waals surface area contributed by atoms with Gasteiger partial charge in [0.05, 0.1) is 10.9 Å². The maximum absolute atomic E-state index is 12.1. The molecule has 1 N–H and O–H groups in total. The zero-order valence-electron chi connectivity index (χ0n) is 12.3. The quantitative estimate of drug-likeness (QED) is 0.615. The summed E-state index contributed by atoms with van der Waals surface area (Å²) in [6.45, 7) is 1.74. The fourth-order valence-corrected chi connectivity index (χ4v) is 2.41. The minimum absolute atomic E-state index is 0.151. The monoisotopic (exact) mass is 304 g/mol. The first-order valence-corrected chi connectivity index (χ1v) is 7.11. The molecule has 0 aliphatic carbocycles. The van der Waals surface area contributed by atoms with E-state index >= 15 is 0 Å². The highest BCUT2D eigenvalue weighted by atomic mass is 16.4. The second kappa shape index (κ2) is 5.17. The SMILES string of the molecule is Cc1nnc(-c2ccc(-c3nc4ccccc4c(=O)[nH]3)cc2)o1. The summed E-state index contributed by atoms with van der Waals surface area (Å²) in [7, 11) is 0. The fourth-order valence-electron chi connectivity index (χ4n) is 2.41. The number of hydrogen-bond donors (Lipinski definition) is 1. The molecular formula is C17H12N4O2. The number of para-hydroxylation sites is 1. The first-order valence-electron chi connectivity index (χ1n) is 7.11. The van der Waals surface area contributed by atoms with Gasteiger partial charge in [-0.25, -0.2) is 4.98 Å². The van der Waals surface area contributed by atoms with E-state index in [1.165, 1.54) is 0 Å². The van der Waals surface area contributed by atoms with Gasteiger partial charge in [0.1, 0.15) is 5.82 Å². The summed E-state index contributed by atoms with van der Waals surface area (Å²) >= 11 is 0. The normalized spacial score (nSPS) is 11.0. The van der Waals surface area contributed by atoms with Crippen LogP contribution in [0.5, 0.6) is 0 Å². The maximum atomic E-state index is 12.1. The van der Waals surface area contributed by atoms with Gasteiger partial charge in [-0.2, -0.15) is 0 Å². The van der Waals surface area contributed by atoms with E-state index in [0.717, 1.165) is 11.1 Å². The van der Waals surface area contributed by atoms with Crippen molar-refractivity contribution >= 4 is 10.9 Å². The Morgan fingerprint density at radius 1 is 0.957 bits per heavy atom. The molecule has 0 aliphatic heterocycles. The molecule has 2 heterocycles. The van der Waals surface area contributed by atoms with Crippen molar-refractivity contribution in [2.75, 3.05) is 0 Å². The molecular weight excluding hydrogens is 292 g/mol. The van der Waals surface area contributed by atoms with Gasteiger partial charge < -0.3 is 9.40 Å². The lowest BCUT2D eigenvalue weighted by Crippen LogP contribution is -2.09. The first-order chi connectivity index (χ1) is 11.2. The molecule has 0 spiro atoms. The van der Waals surface area contributed by atoms with Gasteiger partial charge in [0, 0.05) is 18.1 Å². The summed E-state index contributed by atoms with van der Waals surface area (Å²) in [5, 5.41) is 8.37. The van der Waals surface area contributed by atoms with Crippen LogP contribution in [-0.2, 0) is 0 Å². The third kappa shape index (κ3) is 2.40. The van der Waals surface area contributed by atoms with Crippen LogP contribution in [0.4, 0.5) is 0 Å². The summed E-state index contributed by atoms with van der Waals surface area (Å²) in [5.41, 5.74) is 2.15. The molecule has 0 amide bonds. The van der Waals surface area contributed by atoms with Crippen molar-refractivity contribution in [2.45, 2.75) is 6.92 Å². The van der Waals surface area contributed by atoms with Crippen LogP contribution in [0.15, 0.2) is 57.7 Å². The van der Waals surface area contributed by atoms with Crippen molar-refractivity contribution in [1.29, 1.82) is 0 Å². The number of nitrogens with zero attached hydrogens (tertiary/aromatic N) is 3. The molecule has 6 nitrogen and oxygen atoms in total. The zero-order chi connectivity index (χ0) is 15.8. The number of fused-ring (bicyclic) bond motifs is 1. The molecule has 0 saturated heterocycles. The van der Waals surface area contributed by atoms with Gasteiger partial charge in [0.25, 0.3) is 5.56 Å². The van der Waals surface area contributed by atoms with Gasteiger partial charge in [0.2, 0.25) is 11.8 Å². The second-order valence-corrected chi connectivity index (χ2v) is 5.14. The lowest BCUT2D eigenvalue weighted by molar-refractivity contribution is 0.533. The molecule has 0 saturated carbocycles. The molecule has 0 aliphatic rings. The summed E-state index contributed by atoms with van der Waals surface area (Å²) in [6.07, 6.45) is 0. The number of aryl methyl sites for hydroxylation is 1. The largest absolute Gasteiger partial charge is 0.421 e. The molecule has 23 heavy (non-hydrogen) atoms. The molecule has 2 aromatic carbocycles. The summed E-state index contributed by atoms with van der Waals surface area (Å²) in [6, 6.07) is 14.7. The van der Waals surface area contributed by atoms with E-state index in [1.807, 2.05) is 42.5 Å². The van der Waals surface area contributed by atoms with Crippen LogP contribution in [-0.4, -0.2) is 20.2 Å². The standard InChI is InChI=1S/C17H12N4O2/c1-10-20-21-17(23-10)12-8-6-11(7-9-12)15-18-14-5-3-2-4-13(14)16(22)19-15/h2-9H,1H3,(H,18,19,22). The van der Waals surface area contributed by atoms with Gasteiger partial charge in [0.15, 0.2) is 0 Å². The Morgan fingerprint density at radius 2 is 1.70 bits per heavy atom. The van der Waals surface area contributed by atoms with E-state index in [4.69, 9.17) is 4.42 Å². The van der Waals surface area contributed by atoms with Crippen molar-refractivity contribution in [3.05, 3.63) is 64.8 Å². The average molecular weight is 304 g/mol. The Morgan fingerprint density at radius 3 is 2.43 bits per heavy atom. The summed E-state index contributed by atoms with van der Waals surface area (Å²) in [4.78, 5) is 19.5. The average Bonchev–Trinajstić information content (AvgIpc) is 3.01. The molecule has 4 rings (SSSR count). The number of benzene rings is 2. The van der Waals surface area contributed by atoms with Gasteiger partial charge >= 0.3 is 0 Å². The van der Waals surface area contributed by atoms with Crippen molar-refractivity contribution in [1.82, 2.24) is 20.2 Å². The molecule has 112 valence electrons. The van der Waals surface area contributed by atoms with Crippen molar-refractivity contribution < 1.29 is 4.42 Å². The van der Waals surface area contributed by atoms with E-state index in [1.54, 1.807) is 13.0 Å². The smallest absolute Gasteiger partial charge is 0.259 e. The van der Waals surface area contributed by atoms with E-state index < -0.39 is 0 Å². The van der Waals surface area contributed by atoms with Gasteiger partial charge in [-0.15, -0.1) is 10.2 Å². The van der Waals surface area contributed by atoms with E-state index in [2.05, 4.69) is 20.2 Å². The Bertz CT molecular complexity index is 1050. The number of nitrogens with one attached hydrogen (secondary N) is 1. The van der Waals surface area contributed by atoms with Crippen molar-refractivity contribution in [3.63, 3.8) is 0 Å². The van der Waals surface area contributed by atoms with Crippen LogP contribution < -0.4 is 5.56 Å². The van der Waals surface area contributed by atoms with Gasteiger partial charge in [-0.05, 0) is 24.3 Å². The summed E-state index contributed by atoms with van der Waals surface area (Å²) < 4.78 is 5.40. The van der Waals surface area contributed by atoms with E-state index in [0.29, 0.717) is 28.5 Å². The molecule has 0 fully saturated rings. The Hall–Kier alpha value is -3.28. The molecule has 0 bridgehead atoms. The molecule has 0 unspecified atom stereocenters. The maximum Gasteiger partial charge on any atom is 0.259 e. The number of hydrogen-bond acceptors (Lipinski definition) is 5. The van der Waals surface area contributed by atoms with Crippen LogP contribution in [0.3, 0.4) is 0 Å². The number of aromatic nitrogens is 4. The van der Waals surface area contributed by atoms with Gasteiger partial charge in [-0.3, -0.25) is 4.79 Å². The molecule has 0 radical (unpaired) electrons. The topological polar surface area (TPSA) is 84.7 Å². The lowest BCUT2D eigenvalue weighted by atomic mass is 10.1. The lowest BCUT2D eigenvalue weighted by Gasteiger charge is -2.03. The minimum atomic E-state index is -0.151. The van der Waals surface area contributed by atoms with Crippen LogP contribution in [0, 0.1) is 6.92 Å². The Kier molecular flexibility index (Phi) is 3.01. The van der Waals surface area contributed by atoms with Crippen LogP contribution in [0.25, 0.3) is 33.7 Å². The van der Waals surface area contributed by atoms with Crippen LogP contribution in [0.1, 0.15) is 5.89 Å². The number of rotatable bonds is 2. The molecule has 6 heteroatoms. The van der Waals surface area contributed by atoms with E-state index in [9.17, 15) is 4.79 Å². The Labute approximate surface area is 130 Å². The fraction of sp³-hybridized carbons (Fsp3) is 0.0588. The number of aromatic amines is 1. The zero-order valence-corrected chi connectivity index (χ0v) is 12.3. The summed E-state index contributed by atoms with van der Waals surface area (Å²) in [5.74, 6) is 1.51. The Balaban J connectivity index is 1.77. The molecule has 2 aromatic heterocycles. The third-order valence-corrected chi connectivity index (χ3v) is 3.54. The second-order valence-electron chi connectivity index (χ2n) is 5.14. The van der Waals surface area contributed by atoms with Crippen LogP contribution in [0.2, 0.25) is 0 Å². The highest BCUT2D eigenvalue weighted by Crippen LogP contribution is 2.22. The first kappa shape index (κ1) is 13.4. The predicted molar refractivity (Wildman–Crippen MR) is 85.8 cm³/mol. The minimum Gasteiger partial charge on any atom is -0.421 e. The molecule has 4 aromatic rings. The third-order valence-electron chi connectivity index (χ3n) is 3.54. The van der Waals surface area contributed by atoms with E-state index in [-0.39, 0.29) is 5.56 Å². The highest BCUT2D eigenvalue weighted by molar-refractivity contribution is 5.79. The highest BCUT2D eigenvalue weighted by Gasteiger charge is 2.08. The number of H-pyrrole nitrogens is 1. The van der Waals surface area contributed by atoms with Crippen molar-refractivity contribution in [3.8, 4) is 22.8 Å². The van der Waals surface area contributed by atoms with Crippen molar-refractivity contribution in [2.24, 2.45) is 0 Å². The molecule has 0 atom stereocenters. The van der Waals surface area contributed by atoms with Gasteiger partial charge in [-0.1, -0.05) is 24.3 Å². The predicted octanol–water partition coefficient (Wildman–Crippen LogP) is 2.95. The van der Waals surface area contributed by atoms with Crippen LogP contribution >= 0.6 is 0 Å².